The van der Waals surface area contributed by atoms with Crippen LogP contribution in [0.5, 0.6) is 0 Å². The van der Waals surface area contributed by atoms with Gasteiger partial charge in [-0.25, -0.2) is 18.4 Å². The maximum atomic E-state index is 12.0. The van der Waals surface area contributed by atoms with Crippen LogP contribution in [0.4, 0.5) is 0 Å². The molecule has 3 rings (SSSR count). The Kier molecular flexibility index (Phi) is 5.17. The molecule has 0 radical (unpaired) electrons. The maximum Gasteiger partial charge on any atom is 0.339 e. The molecule has 2 aliphatic rings. The Hall–Kier alpha value is -1.45. The quantitative estimate of drug-likeness (QED) is 0.719. The lowest BCUT2D eigenvalue weighted by molar-refractivity contribution is -0.125. The zero-order valence-electron chi connectivity index (χ0n) is 13.9. The minimum Gasteiger partial charge on any atom is -0.452 e. The lowest BCUT2D eigenvalue weighted by atomic mass is 9.84. The summed E-state index contributed by atoms with van der Waals surface area (Å²) in [7, 11) is -3.85. The highest BCUT2D eigenvalue weighted by Gasteiger charge is 2.42. The predicted octanol–water partition coefficient (Wildman–Crippen LogP) is 1.49. The molecule has 138 valence electrons. The summed E-state index contributed by atoms with van der Waals surface area (Å²) >= 11 is 0.839. The number of primary sulfonamides is 1. The molecule has 2 bridgehead atoms. The summed E-state index contributed by atoms with van der Waals surface area (Å²) in [5.74, 6) is 0.927. The zero-order valence-corrected chi connectivity index (χ0v) is 15.6. The lowest BCUT2D eigenvalue weighted by Gasteiger charge is -2.28. The van der Waals surface area contributed by atoms with Gasteiger partial charge in [0.15, 0.2) is 6.61 Å². The Morgan fingerprint density at radius 2 is 2.16 bits per heavy atom. The highest BCUT2D eigenvalue weighted by atomic mass is 32.2. The average Bonchev–Trinajstić information content (AvgIpc) is 3.26. The molecule has 2 aliphatic carbocycles. The first-order chi connectivity index (χ1) is 11.7. The van der Waals surface area contributed by atoms with Crippen LogP contribution in [0.15, 0.2) is 15.7 Å². The summed E-state index contributed by atoms with van der Waals surface area (Å²) in [5.41, 5.74) is 0.0722. The van der Waals surface area contributed by atoms with E-state index in [1.54, 1.807) is 0 Å². The SMILES string of the molecule is C[C@@H](NC(=O)COC(=O)c1csc(S(N)(=O)=O)c1)[C@@H]1C[C@H]2CC[C@H]1C2. The van der Waals surface area contributed by atoms with E-state index in [2.05, 4.69) is 5.32 Å². The van der Waals surface area contributed by atoms with Gasteiger partial charge in [0.25, 0.3) is 5.91 Å². The molecule has 4 atom stereocenters. The first-order valence-electron chi connectivity index (χ1n) is 8.32. The van der Waals surface area contributed by atoms with Crippen LogP contribution in [0, 0.1) is 17.8 Å². The van der Waals surface area contributed by atoms with Crippen molar-refractivity contribution in [2.45, 2.75) is 42.9 Å². The predicted molar refractivity (Wildman–Crippen MR) is 92.5 cm³/mol. The van der Waals surface area contributed by atoms with Crippen LogP contribution < -0.4 is 10.5 Å². The Morgan fingerprint density at radius 1 is 1.40 bits per heavy atom. The largest absolute Gasteiger partial charge is 0.452 e. The minimum absolute atomic E-state index is 0.0663. The summed E-state index contributed by atoms with van der Waals surface area (Å²) in [6.45, 7) is 1.62. The zero-order chi connectivity index (χ0) is 18.2. The van der Waals surface area contributed by atoms with E-state index >= 15 is 0 Å². The molecule has 0 saturated heterocycles. The first-order valence-corrected chi connectivity index (χ1v) is 10.7. The second-order valence-corrected chi connectivity index (χ2v) is 9.67. The Bertz CT molecular complexity index is 773. The number of thiophene rings is 1. The second kappa shape index (κ2) is 7.05. The fourth-order valence-electron chi connectivity index (χ4n) is 4.10. The molecule has 1 aromatic heterocycles. The van der Waals surface area contributed by atoms with Gasteiger partial charge in [-0.1, -0.05) is 6.42 Å². The van der Waals surface area contributed by atoms with Gasteiger partial charge >= 0.3 is 5.97 Å². The number of ether oxygens (including phenoxy) is 1. The fraction of sp³-hybridized carbons (Fsp3) is 0.625. The van der Waals surface area contributed by atoms with Gasteiger partial charge in [0.1, 0.15) is 4.21 Å². The molecule has 0 spiro atoms. The van der Waals surface area contributed by atoms with Crippen LogP contribution in [-0.2, 0) is 19.6 Å². The minimum atomic E-state index is -3.85. The first kappa shape index (κ1) is 18.3. The molecule has 0 aliphatic heterocycles. The molecule has 2 fully saturated rings. The van der Waals surface area contributed by atoms with E-state index in [4.69, 9.17) is 9.88 Å². The van der Waals surface area contributed by atoms with Gasteiger partial charge in [-0.15, -0.1) is 11.3 Å². The van der Waals surface area contributed by atoms with Gasteiger partial charge in [0.2, 0.25) is 10.0 Å². The maximum absolute atomic E-state index is 12.0. The third kappa shape index (κ3) is 4.21. The number of hydrogen-bond donors (Lipinski definition) is 2. The lowest BCUT2D eigenvalue weighted by Crippen LogP contribution is -2.42. The average molecular weight is 386 g/mol. The third-order valence-corrected chi connectivity index (χ3v) is 7.64. The van der Waals surface area contributed by atoms with Crippen LogP contribution >= 0.6 is 11.3 Å². The molecule has 0 unspecified atom stereocenters. The molecule has 0 aromatic carbocycles. The van der Waals surface area contributed by atoms with Crippen molar-refractivity contribution in [1.82, 2.24) is 5.32 Å². The van der Waals surface area contributed by atoms with E-state index in [1.807, 2.05) is 6.92 Å². The Morgan fingerprint density at radius 3 is 2.72 bits per heavy atom. The normalized spacial score (nSPS) is 26.4. The van der Waals surface area contributed by atoms with Gasteiger partial charge in [-0.2, -0.15) is 0 Å². The number of hydrogen-bond acceptors (Lipinski definition) is 6. The molecular formula is C16H22N2O5S2. The van der Waals surface area contributed by atoms with Crippen molar-refractivity contribution in [2.75, 3.05) is 6.61 Å². The van der Waals surface area contributed by atoms with Crippen molar-refractivity contribution in [1.29, 1.82) is 0 Å². The summed E-state index contributed by atoms with van der Waals surface area (Å²) in [5, 5.41) is 9.26. The van der Waals surface area contributed by atoms with Crippen LogP contribution in [0.1, 0.15) is 43.0 Å². The van der Waals surface area contributed by atoms with Crippen LogP contribution in [0.2, 0.25) is 0 Å². The van der Waals surface area contributed by atoms with E-state index in [9.17, 15) is 18.0 Å². The number of nitrogens with two attached hydrogens (primary N) is 1. The van der Waals surface area contributed by atoms with Crippen LogP contribution in [-0.4, -0.2) is 32.9 Å². The number of carbonyl (C=O) groups excluding carboxylic acids is 2. The number of fused-ring (bicyclic) bond motifs is 2. The topological polar surface area (TPSA) is 116 Å². The van der Waals surface area contributed by atoms with E-state index in [0.29, 0.717) is 11.8 Å². The number of carbonyl (C=O) groups is 2. The van der Waals surface area contributed by atoms with E-state index < -0.39 is 16.0 Å². The smallest absolute Gasteiger partial charge is 0.339 e. The Labute approximate surface area is 151 Å². The van der Waals surface area contributed by atoms with Crippen molar-refractivity contribution in [2.24, 2.45) is 22.9 Å². The van der Waals surface area contributed by atoms with Crippen molar-refractivity contribution in [3.63, 3.8) is 0 Å². The number of amides is 1. The molecular weight excluding hydrogens is 364 g/mol. The summed E-state index contributed by atoms with van der Waals surface area (Å²) in [6.07, 6.45) is 4.98. The molecule has 25 heavy (non-hydrogen) atoms. The third-order valence-electron chi connectivity index (χ3n) is 5.25. The summed E-state index contributed by atoms with van der Waals surface area (Å²) in [4.78, 5) is 23.9. The van der Waals surface area contributed by atoms with Crippen molar-refractivity contribution in [3.05, 3.63) is 17.0 Å². The van der Waals surface area contributed by atoms with Gasteiger partial charge in [0.05, 0.1) is 5.56 Å². The van der Waals surface area contributed by atoms with Gasteiger partial charge in [0, 0.05) is 11.4 Å². The highest BCUT2D eigenvalue weighted by molar-refractivity contribution is 7.91. The number of sulfonamides is 1. The summed E-state index contributed by atoms with van der Waals surface area (Å²) < 4.78 is 27.3. The Balaban J connectivity index is 1.47. The molecule has 1 aromatic rings. The molecule has 7 nitrogen and oxygen atoms in total. The molecule has 1 amide bonds. The van der Waals surface area contributed by atoms with Crippen LogP contribution in [0.25, 0.3) is 0 Å². The molecule has 3 N–H and O–H groups in total. The molecule has 1 heterocycles. The second-order valence-electron chi connectivity index (χ2n) is 6.97. The van der Waals surface area contributed by atoms with Gasteiger partial charge in [-0.05, 0) is 50.0 Å². The molecule has 2 saturated carbocycles. The van der Waals surface area contributed by atoms with Gasteiger partial charge < -0.3 is 10.1 Å². The number of nitrogens with one attached hydrogen (secondary N) is 1. The van der Waals surface area contributed by atoms with E-state index in [1.165, 1.54) is 24.6 Å². The fourth-order valence-corrected chi connectivity index (χ4v) is 5.67. The summed E-state index contributed by atoms with van der Waals surface area (Å²) in [6, 6.07) is 1.22. The van der Waals surface area contributed by atoms with E-state index in [-0.39, 0.29) is 28.3 Å². The van der Waals surface area contributed by atoms with E-state index in [0.717, 1.165) is 29.7 Å². The number of esters is 1. The van der Waals surface area contributed by atoms with Crippen molar-refractivity contribution < 1.29 is 22.7 Å². The van der Waals surface area contributed by atoms with Crippen molar-refractivity contribution in [3.8, 4) is 0 Å². The van der Waals surface area contributed by atoms with Gasteiger partial charge in [-0.3, -0.25) is 4.79 Å². The standard InChI is InChI=1S/C16H22N2O5S2/c1-9(13-5-10-2-3-11(13)4-10)18-14(19)7-23-16(20)12-6-15(24-8-12)25(17,21)22/h6,8-11,13H,2-5,7H2,1H3,(H,18,19)(H2,17,21,22)/t9-,10+,11+,13+/m1/s1. The highest BCUT2D eigenvalue weighted by Crippen LogP contribution is 2.49. The monoisotopic (exact) mass is 386 g/mol. The molecule has 9 heteroatoms. The van der Waals surface area contributed by atoms with Crippen molar-refractivity contribution >= 4 is 33.2 Å². The number of rotatable bonds is 6. The van der Waals surface area contributed by atoms with Crippen LogP contribution in [0.3, 0.4) is 0 Å².